The molecule has 7 heteroatoms. The van der Waals surface area contributed by atoms with Crippen molar-refractivity contribution in [1.29, 1.82) is 0 Å². The van der Waals surface area contributed by atoms with E-state index in [1.807, 2.05) is 18.2 Å². The highest BCUT2D eigenvalue weighted by Gasteiger charge is 2.05. The van der Waals surface area contributed by atoms with Crippen LogP contribution in [0.5, 0.6) is 5.88 Å². The number of rotatable bonds is 5. The highest BCUT2D eigenvalue weighted by molar-refractivity contribution is 14.0. The van der Waals surface area contributed by atoms with Gasteiger partial charge in [0, 0.05) is 31.9 Å². The zero-order valence-corrected chi connectivity index (χ0v) is 16.3. The topological polar surface area (TPSA) is 58.5 Å². The van der Waals surface area contributed by atoms with Gasteiger partial charge in [-0.3, -0.25) is 4.99 Å². The Hall–Kier alpha value is -1.90. The number of ether oxygens (including phenoxy) is 1. The molecular weight excluding hydrogens is 422 g/mol. The van der Waals surface area contributed by atoms with E-state index in [9.17, 15) is 4.39 Å². The van der Waals surface area contributed by atoms with Crippen molar-refractivity contribution in [2.75, 3.05) is 14.2 Å². The first-order chi connectivity index (χ1) is 11.1. The molecule has 0 atom stereocenters. The number of guanidine groups is 1. The smallest absolute Gasteiger partial charge is 0.218 e. The van der Waals surface area contributed by atoms with Crippen LogP contribution in [0.3, 0.4) is 0 Å². The molecule has 0 unspecified atom stereocenters. The second kappa shape index (κ2) is 10.1. The molecule has 0 aliphatic heterocycles. The minimum Gasteiger partial charge on any atom is -0.481 e. The third-order valence-corrected chi connectivity index (χ3v) is 3.40. The summed E-state index contributed by atoms with van der Waals surface area (Å²) in [5.74, 6) is 1.04. The number of halogens is 2. The number of nitrogens with zero attached hydrogens (tertiary/aromatic N) is 2. The number of aromatic nitrogens is 1. The van der Waals surface area contributed by atoms with E-state index in [2.05, 4.69) is 20.6 Å². The van der Waals surface area contributed by atoms with Gasteiger partial charge >= 0.3 is 0 Å². The maximum absolute atomic E-state index is 13.3. The Morgan fingerprint density at radius 3 is 2.67 bits per heavy atom. The molecule has 24 heavy (non-hydrogen) atoms. The molecule has 1 aromatic heterocycles. The number of benzene rings is 1. The van der Waals surface area contributed by atoms with Gasteiger partial charge in [0.25, 0.3) is 0 Å². The minimum atomic E-state index is -0.195. The van der Waals surface area contributed by atoms with Crippen molar-refractivity contribution in [3.05, 3.63) is 59.0 Å². The van der Waals surface area contributed by atoms with E-state index in [1.165, 1.54) is 6.07 Å². The Morgan fingerprint density at radius 2 is 2.00 bits per heavy atom. The predicted molar refractivity (Wildman–Crippen MR) is 104 cm³/mol. The molecule has 0 fully saturated rings. The fraction of sp³-hybridized carbons (Fsp3) is 0.294. The highest BCUT2D eigenvalue weighted by atomic mass is 127. The molecule has 2 aromatic rings. The summed E-state index contributed by atoms with van der Waals surface area (Å²) in [6.45, 7) is 2.85. The number of nitrogens with one attached hydrogen (secondary N) is 2. The molecule has 5 nitrogen and oxygen atoms in total. The Balaban J connectivity index is 0.00000288. The number of methoxy groups -OCH3 is 1. The van der Waals surface area contributed by atoms with Crippen LogP contribution in [0.1, 0.15) is 16.7 Å². The maximum Gasteiger partial charge on any atom is 0.218 e. The van der Waals surface area contributed by atoms with Gasteiger partial charge in [-0.2, -0.15) is 0 Å². The van der Waals surface area contributed by atoms with Crippen LogP contribution < -0.4 is 15.4 Å². The normalized spacial score (nSPS) is 10.8. The quantitative estimate of drug-likeness (QED) is 0.423. The number of hydrogen-bond donors (Lipinski definition) is 2. The van der Waals surface area contributed by atoms with Crippen molar-refractivity contribution < 1.29 is 9.13 Å². The van der Waals surface area contributed by atoms with E-state index in [-0.39, 0.29) is 29.8 Å². The summed E-state index contributed by atoms with van der Waals surface area (Å²) >= 11 is 0. The maximum atomic E-state index is 13.3. The molecule has 1 aromatic carbocycles. The van der Waals surface area contributed by atoms with Crippen LogP contribution in [0.2, 0.25) is 0 Å². The zero-order chi connectivity index (χ0) is 16.7. The third kappa shape index (κ3) is 5.63. The van der Waals surface area contributed by atoms with Gasteiger partial charge in [0.2, 0.25) is 5.88 Å². The summed E-state index contributed by atoms with van der Waals surface area (Å²) in [6.07, 6.45) is 1.69. The zero-order valence-electron chi connectivity index (χ0n) is 14.0. The van der Waals surface area contributed by atoms with Gasteiger partial charge in [-0.1, -0.05) is 18.2 Å². The Kier molecular flexibility index (Phi) is 8.45. The Morgan fingerprint density at radius 1 is 1.25 bits per heavy atom. The molecule has 0 radical (unpaired) electrons. The molecule has 1 heterocycles. The standard InChI is InChI=1S/C17H21FN4O.HI/c1-12-9-13(6-7-15(12)18)10-21-17(19-2)22-11-14-5-4-8-20-16(14)23-3;/h4-9H,10-11H2,1-3H3,(H2,19,21,22);1H. The first kappa shape index (κ1) is 20.1. The number of hydrogen-bond acceptors (Lipinski definition) is 3. The van der Waals surface area contributed by atoms with Crippen LogP contribution in [0.25, 0.3) is 0 Å². The molecular formula is C17H22FIN4O. The molecule has 2 rings (SSSR count). The molecule has 0 aliphatic carbocycles. The molecule has 0 bridgehead atoms. The SMILES string of the molecule is CN=C(NCc1ccc(F)c(C)c1)NCc1cccnc1OC.I. The van der Waals surface area contributed by atoms with E-state index < -0.39 is 0 Å². The number of aliphatic imine (C=N–C) groups is 1. The van der Waals surface area contributed by atoms with E-state index in [0.29, 0.717) is 30.5 Å². The van der Waals surface area contributed by atoms with Gasteiger partial charge in [-0.05, 0) is 30.2 Å². The van der Waals surface area contributed by atoms with Gasteiger partial charge in [-0.15, -0.1) is 24.0 Å². The van der Waals surface area contributed by atoms with E-state index in [0.717, 1.165) is 11.1 Å². The number of aryl methyl sites for hydroxylation is 1. The van der Waals surface area contributed by atoms with Crippen LogP contribution in [0.15, 0.2) is 41.5 Å². The lowest BCUT2D eigenvalue weighted by atomic mass is 10.1. The van der Waals surface area contributed by atoms with Gasteiger partial charge in [0.05, 0.1) is 7.11 Å². The summed E-state index contributed by atoms with van der Waals surface area (Å²) < 4.78 is 18.5. The molecule has 2 N–H and O–H groups in total. The fourth-order valence-corrected chi connectivity index (χ4v) is 2.14. The van der Waals surface area contributed by atoms with Crippen molar-refractivity contribution in [2.45, 2.75) is 20.0 Å². The minimum absolute atomic E-state index is 0. The molecule has 0 amide bonds. The fourth-order valence-electron chi connectivity index (χ4n) is 2.14. The van der Waals surface area contributed by atoms with Crippen LogP contribution >= 0.6 is 24.0 Å². The van der Waals surface area contributed by atoms with E-state index in [4.69, 9.17) is 4.74 Å². The lowest BCUT2D eigenvalue weighted by molar-refractivity contribution is 0.392. The second-order valence-electron chi connectivity index (χ2n) is 5.03. The van der Waals surface area contributed by atoms with Gasteiger partial charge in [-0.25, -0.2) is 9.37 Å². The van der Waals surface area contributed by atoms with Crippen LogP contribution in [0, 0.1) is 12.7 Å². The summed E-state index contributed by atoms with van der Waals surface area (Å²) in [5.41, 5.74) is 2.56. The lowest BCUT2D eigenvalue weighted by Crippen LogP contribution is -2.36. The monoisotopic (exact) mass is 444 g/mol. The molecule has 130 valence electrons. The predicted octanol–water partition coefficient (Wildman–Crippen LogP) is 3.02. The molecule has 0 saturated heterocycles. The van der Waals surface area contributed by atoms with Crippen molar-refractivity contribution in [2.24, 2.45) is 4.99 Å². The molecule has 0 spiro atoms. The third-order valence-electron chi connectivity index (χ3n) is 3.40. The lowest BCUT2D eigenvalue weighted by Gasteiger charge is -2.13. The van der Waals surface area contributed by atoms with Crippen LogP contribution in [0.4, 0.5) is 4.39 Å². The Bertz CT molecular complexity index is 694. The van der Waals surface area contributed by atoms with Gasteiger partial charge < -0.3 is 15.4 Å². The largest absolute Gasteiger partial charge is 0.481 e. The van der Waals surface area contributed by atoms with E-state index >= 15 is 0 Å². The second-order valence-corrected chi connectivity index (χ2v) is 5.03. The highest BCUT2D eigenvalue weighted by Crippen LogP contribution is 2.13. The van der Waals surface area contributed by atoms with Crippen molar-refractivity contribution in [3.63, 3.8) is 0 Å². The van der Waals surface area contributed by atoms with Crippen molar-refractivity contribution in [1.82, 2.24) is 15.6 Å². The number of pyridine rings is 1. The first-order valence-electron chi connectivity index (χ1n) is 7.31. The first-order valence-corrected chi connectivity index (χ1v) is 7.31. The van der Waals surface area contributed by atoms with Gasteiger partial charge in [0.1, 0.15) is 5.82 Å². The average molecular weight is 444 g/mol. The Labute approximate surface area is 158 Å². The van der Waals surface area contributed by atoms with Crippen LogP contribution in [-0.4, -0.2) is 25.1 Å². The summed E-state index contributed by atoms with van der Waals surface area (Å²) in [4.78, 5) is 8.33. The summed E-state index contributed by atoms with van der Waals surface area (Å²) in [7, 11) is 3.29. The molecule has 0 aliphatic rings. The van der Waals surface area contributed by atoms with Crippen molar-refractivity contribution in [3.8, 4) is 5.88 Å². The molecule has 0 saturated carbocycles. The van der Waals surface area contributed by atoms with Crippen LogP contribution in [-0.2, 0) is 13.1 Å². The van der Waals surface area contributed by atoms with Crippen molar-refractivity contribution >= 4 is 29.9 Å². The van der Waals surface area contributed by atoms with Gasteiger partial charge in [0.15, 0.2) is 5.96 Å². The summed E-state index contributed by atoms with van der Waals surface area (Å²) in [5, 5.41) is 6.40. The summed E-state index contributed by atoms with van der Waals surface area (Å²) in [6, 6.07) is 8.85. The van der Waals surface area contributed by atoms with E-state index in [1.54, 1.807) is 33.3 Å². The average Bonchev–Trinajstić information content (AvgIpc) is 2.58.